The van der Waals surface area contributed by atoms with Crippen molar-refractivity contribution < 1.29 is 4.74 Å². The van der Waals surface area contributed by atoms with Crippen LogP contribution < -0.4 is 4.74 Å². The third-order valence-electron chi connectivity index (χ3n) is 4.60. The van der Waals surface area contributed by atoms with Crippen LogP contribution in [0.4, 0.5) is 0 Å². The van der Waals surface area contributed by atoms with Gasteiger partial charge in [-0.05, 0) is 44.0 Å². The van der Waals surface area contributed by atoms with Gasteiger partial charge in [0.25, 0.3) is 0 Å². The van der Waals surface area contributed by atoms with Crippen molar-refractivity contribution in [3.05, 3.63) is 64.2 Å². The van der Waals surface area contributed by atoms with Gasteiger partial charge in [-0.1, -0.05) is 47.7 Å². The lowest BCUT2D eigenvalue weighted by atomic mass is 10.1. The van der Waals surface area contributed by atoms with Crippen LogP contribution >= 0.6 is 23.1 Å². The monoisotopic (exact) mass is 407 g/mol. The van der Waals surface area contributed by atoms with Crippen molar-refractivity contribution in [3.8, 4) is 17.0 Å². The van der Waals surface area contributed by atoms with Crippen molar-refractivity contribution in [2.75, 3.05) is 7.11 Å². The standard InChI is InChI=1S/C22H21N3OS2/c1-13-8-9-14(2)17(10-13)12-27-22-20-21(28-15(3)23-20)19(24-25-22)16-6-5-7-18(11-16)26-4/h5-11H,12H2,1-4H3. The summed E-state index contributed by atoms with van der Waals surface area (Å²) < 4.78 is 6.43. The van der Waals surface area contributed by atoms with Gasteiger partial charge in [-0.2, -0.15) is 0 Å². The zero-order valence-electron chi connectivity index (χ0n) is 16.3. The number of aryl methyl sites for hydroxylation is 3. The van der Waals surface area contributed by atoms with Crippen molar-refractivity contribution in [3.63, 3.8) is 0 Å². The fourth-order valence-corrected chi connectivity index (χ4v) is 5.06. The van der Waals surface area contributed by atoms with E-state index in [0.717, 1.165) is 43.0 Å². The average Bonchev–Trinajstić information content (AvgIpc) is 3.10. The number of fused-ring (bicyclic) bond motifs is 1. The number of methoxy groups -OCH3 is 1. The van der Waals surface area contributed by atoms with Crippen molar-refractivity contribution in [2.45, 2.75) is 31.6 Å². The minimum absolute atomic E-state index is 0.807. The van der Waals surface area contributed by atoms with Crippen LogP contribution in [0.25, 0.3) is 21.5 Å². The van der Waals surface area contributed by atoms with Crippen molar-refractivity contribution >= 4 is 33.3 Å². The van der Waals surface area contributed by atoms with Crippen LogP contribution in [-0.2, 0) is 5.75 Å². The summed E-state index contributed by atoms with van der Waals surface area (Å²) >= 11 is 3.36. The molecule has 0 saturated heterocycles. The van der Waals surface area contributed by atoms with Crippen LogP contribution in [0.1, 0.15) is 21.7 Å². The van der Waals surface area contributed by atoms with Crippen LogP contribution in [0.15, 0.2) is 47.5 Å². The smallest absolute Gasteiger partial charge is 0.146 e. The molecule has 0 saturated carbocycles. The van der Waals surface area contributed by atoms with E-state index < -0.39 is 0 Å². The highest BCUT2D eigenvalue weighted by atomic mass is 32.2. The molecular formula is C22H21N3OS2. The normalized spacial score (nSPS) is 11.1. The Kier molecular flexibility index (Phi) is 5.33. The highest BCUT2D eigenvalue weighted by Gasteiger charge is 2.16. The summed E-state index contributed by atoms with van der Waals surface area (Å²) in [5.41, 5.74) is 6.68. The molecule has 4 aromatic rings. The minimum Gasteiger partial charge on any atom is -0.497 e. The first-order valence-electron chi connectivity index (χ1n) is 9.02. The number of hydrogen-bond donors (Lipinski definition) is 0. The highest BCUT2D eigenvalue weighted by molar-refractivity contribution is 7.98. The summed E-state index contributed by atoms with van der Waals surface area (Å²) in [5, 5.41) is 11.0. The summed E-state index contributed by atoms with van der Waals surface area (Å²) in [7, 11) is 1.67. The van der Waals surface area contributed by atoms with Crippen molar-refractivity contribution in [1.29, 1.82) is 0 Å². The second-order valence-electron chi connectivity index (χ2n) is 6.71. The molecule has 0 N–H and O–H groups in total. The molecule has 0 atom stereocenters. The second kappa shape index (κ2) is 7.89. The molecule has 0 aliphatic heterocycles. The third kappa shape index (κ3) is 3.75. The quantitative estimate of drug-likeness (QED) is 0.381. The Bertz CT molecular complexity index is 1150. The van der Waals surface area contributed by atoms with Crippen LogP contribution in [0.3, 0.4) is 0 Å². The Labute approximate surface area is 173 Å². The van der Waals surface area contributed by atoms with E-state index in [9.17, 15) is 0 Å². The molecular weight excluding hydrogens is 386 g/mol. The van der Waals surface area contributed by atoms with Gasteiger partial charge in [-0.3, -0.25) is 0 Å². The largest absolute Gasteiger partial charge is 0.497 e. The average molecular weight is 408 g/mol. The molecule has 0 spiro atoms. The Morgan fingerprint density at radius 3 is 2.71 bits per heavy atom. The Hall–Kier alpha value is -2.44. The molecule has 0 fully saturated rings. The van der Waals surface area contributed by atoms with Crippen molar-refractivity contribution in [1.82, 2.24) is 15.2 Å². The van der Waals surface area contributed by atoms with E-state index >= 15 is 0 Å². The van der Waals surface area contributed by atoms with Crippen LogP contribution in [0.2, 0.25) is 0 Å². The molecule has 28 heavy (non-hydrogen) atoms. The Morgan fingerprint density at radius 1 is 1.04 bits per heavy atom. The molecule has 2 heterocycles. The lowest BCUT2D eigenvalue weighted by Gasteiger charge is -2.08. The Balaban J connectivity index is 1.72. The molecule has 2 aromatic carbocycles. The first kappa shape index (κ1) is 18.9. The summed E-state index contributed by atoms with van der Waals surface area (Å²) in [4.78, 5) is 4.76. The minimum atomic E-state index is 0.807. The summed E-state index contributed by atoms with van der Waals surface area (Å²) in [5.74, 6) is 1.66. The third-order valence-corrected chi connectivity index (χ3v) is 6.59. The molecule has 4 rings (SSSR count). The van der Waals surface area contributed by atoms with Crippen LogP contribution in [0.5, 0.6) is 5.75 Å². The van der Waals surface area contributed by atoms with Gasteiger partial charge in [0.1, 0.15) is 22.0 Å². The number of hydrogen-bond acceptors (Lipinski definition) is 6. The molecule has 2 aromatic heterocycles. The van der Waals surface area contributed by atoms with Gasteiger partial charge < -0.3 is 4.74 Å². The van der Waals surface area contributed by atoms with E-state index in [4.69, 9.17) is 9.72 Å². The predicted molar refractivity (Wildman–Crippen MR) is 117 cm³/mol. The fraction of sp³-hybridized carbons (Fsp3) is 0.227. The molecule has 0 aliphatic rings. The van der Waals surface area contributed by atoms with Crippen LogP contribution in [0, 0.1) is 20.8 Å². The SMILES string of the molecule is COc1cccc(-c2nnc(SCc3cc(C)ccc3C)c3nc(C)sc23)c1. The van der Waals surface area contributed by atoms with Crippen molar-refractivity contribution in [2.24, 2.45) is 0 Å². The molecule has 0 unspecified atom stereocenters. The van der Waals surface area contributed by atoms with E-state index in [-0.39, 0.29) is 0 Å². The Morgan fingerprint density at radius 2 is 1.89 bits per heavy atom. The number of thiazole rings is 1. The molecule has 0 bridgehead atoms. The molecule has 6 heteroatoms. The molecule has 0 amide bonds. The number of thioether (sulfide) groups is 1. The molecule has 0 radical (unpaired) electrons. The highest BCUT2D eigenvalue weighted by Crippen LogP contribution is 2.37. The predicted octanol–water partition coefficient (Wildman–Crippen LogP) is 5.98. The number of nitrogens with zero attached hydrogens (tertiary/aromatic N) is 3. The van der Waals surface area contributed by atoms with Gasteiger partial charge in [-0.25, -0.2) is 4.98 Å². The molecule has 4 nitrogen and oxygen atoms in total. The van der Waals surface area contributed by atoms with Gasteiger partial charge in [-0.15, -0.1) is 21.5 Å². The first-order chi connectivity index (χ1) is 13.5. The second-order valence-corrected chi connectivity index (χ2v) is 8.88. The zero-order chi connectivity index (χ0) is 19.7. The van der Waals surface area contributed by atoms with E-state index in [0.29, 0.717) is 0 Å². The van der Waals surface area contributed by atoms with E-state index in [1.54, 1.807) is 30.2 Å². The summed E-state index contributed by atoms with van der Waals surface area (Å²) in [6.45, 7) is 6.30. The molecule has 0 aliphatic carbocycles. The summed E-state index contributed by atoms with van der Waals surface area (Å²) in [6, 6.07) is 14.5. The first-order valence-corrected chi connectivity index (χ1v) is 10.8. The van der Waals surface area contributed by atoms with E-state index in [1.165, 1.54) is 16.7 Å². The van der Waals surface area contributed by atoms with Crippen LogP contribution in [-0.4, -0.2) is 22.3 Å². The lowest BCUT2D eigenvalue weighted by molar-refractivity contribution is 0.415. The lowest BCUT2D eigenvalue weighted by Crippen LogP contribution is -1.94. The van der Waals surface area contributed by atoms with Gasteiger partial charge >= 0.3 is 0 Å². The van der Waals surface area contributed by atoms with Gasteiger partial charge in [0, 0.05) is 11.3 Å². The van der Waals surface area contributed by atoms with E-state index in [2.05, 4.69) is 42.2 Å². The fourth-order valence-electron chi connectivity index (χ4n) is 3.08. The van der Waals surface area contributed by atoms with Gasteiger partial charge in [0.05, 0.1) is 16.8 Å². The number of benzene rings is 2. The number of ether oxygens (including phenoxy) is 1. The molecule has 142 valence electrons. The van der Waals surface area contributed by atoms with E-state index in [1.807, 2.05) is 31.2 Å². The summed E-state index contributed by atoms with van der Waals surface area (Å²) in [6.07, 6.45) is 0. The van der Waals surface area contributed by atoms with Gasteiger partial charge in [0.2, 0.25) is 0 Å². The number of aromatic nitrogens is 3. The van der Waals surface area contributed by atoms with Gasteiger partial charge in [0.15, 0.2) is 0 Å². The maximum Gasteiger partial charge on any atom is 0.146 e. The topological polar surface area (TPSA) is 47.9 Å². The maximum atomic E-state index is 5.36. The number of rotatable bonds is 5. The maximum absolute atomic E-state index is 5.36. The zero-order valence-corrected chi connectivity index (χ0v) is 17.9.